The first kappa shape index (κ1) is 18.3. The van der Waals surface area contributed by atoms with Gasteiger partial charge in [-0.3, -0.25) is 9.59 Å². The minimum Gasteiger partial charge on any atom is -0.454 e. The highest BCUT2D eigenvalue weighted by molar-refractivity contribution is 5.89. The van der Waals surface area contributed by atoms with Gasteiger partial charge in [0.1, 0.15) is 6.04 Å². The number of hydrogen-bond donors (Lipinski definition) is 0. The smallest absolute Gasteiger partial charge is 0.245 e. The standard InChI is InChI=1S/C22H24N2O4/c1-23(14-17-9-10-19-20(12-17)28-15-27-19)22(26)18-8-5-11-24(18)21(25)13-16-6-3-2-4-7-16/h2-4,6-7,9-10,12,18H,5,8,11,13-15H2,1H3. The van der Waals surface area contributed by atoms with Gasteiger partial charge in [0.15, 0.2) is 11.5 Å². The van der Waals surface area contributed by atoms with Crippen molar-refractivity contribution >= 4 is 11.8 Å². The van der Waals surface area contributed by atoms with Crippen LogP contribution in [0.2, 0.25) is 0 Å². The Bertz CT molecular complexity index is 868. The van der Waals surface area contributed by atoms with Gasteiger partial charge in [-0.15, -0.1) is 0 Å². The van der Waals surface area contributed by atoms with Crippen molar-refractivity contribution in [3.8, 4) is 11.5 Å². The van der Waals surface area contributed by atoms with E-state index in [0.717, 1.165) is 23.3 Å². The van der Waals surface area contributed by atoms with Crippen LogP contribution in [-0.2, 0) is 22.6 Å². The highest BCUT2D eigenvalue weighted by atomic mass is 16.7. The van der Waals surface area contributed by atoms with Crippen LogP contribution in [0.5, 0.6) is 11.5 Å². The SMILES string of the molecule is CN(Cc1ccc2c(c1)OCO2)C(=O)C1CCCN1C(=O)Cc1ccccc1. The van der Waals surface area contributed by atoms with E-state index < -0.39 is 0 Å². The Hall–Kier alpha value is -3.02. The van der Waals surface area contributed by atoms with Crippen molar-refractivity contribution in [3.63, 3.8) is 0 Å². The van der Waals surface area contributed by atoms with Gasteiger partial charge < -0.3 is 19.3 Å². The summed E-state index contributed by atoms with van der Waals surface area (Å²) in [6.45, 7) is 1.33. The van der Waals surface area contributed by atoms with E-state index >= 15 is 0 Å². The molecule has 4 rings (SSSR count). The first-order chi connectivity index (χ1) is 13.6. The maximum atomic E-state index is 13.0. The fourth-order valence-corrected chi connectivity index (χ4v) is 3.84. The average Bonchev–Trinajstić information content (AvgIpc) is 3.37. The van der Waals surface area contributed by atoms with Crippen LogP contribution in [0.15, 0.2) is 48.5 Å². The predicted octanol–water partition coefficient (Wildman–Crippen LogP) is 2.61. The van der Waals surface area contributed by atoms with Gasteiger partial charge in [-0.1, -0.05) is 36.4 Å². The van der Waals surface area contributed by atoms with Gasteiger partial charge in [0, 0.05) is 20.1 Å². The largest absolute Gasteiger partial charge is 0.454 e. The highest BCUT2D eigenvalue weighted by Gasteiger charge is 2.35. The molecule has 0 bridgehead atoms. The first-order valence-corrected chi connectivity index (χ1v) is 9.59. The molecule has 2 amide bonds. The quantitative estimate of drug-likeness (QED) is 0.800. The number of nitrogens with zero attached hydrogens (tertiary/aromatic N) is 2. The number of benzene rings is 2. The molecule has 1 atom stereocenters. The molecule has 28 heavy (non-hydrogen) atoms. The molecular weight excluding hydrogens is 356 g/mol. The summed E-state index contributed by atoms with van der Waals surface area (Å²) in [6, 6.07) is 15.0. The van der Waals surface area contributed by atoms with Gasteiger partial charge in [0.2, 0.25) is 18.6 Å². The zero-order chi connectivity index (χ0) is 19.5. The number of amides is 2. The highest BCUT2D eigenvalue weighted by Crippen LogP contribution is 2.33. The number of rotatable bonds is 5. The minimum absolute atomic E-state index is 0.0125. The maximum absolute atomic E-state index is 13.0. The van der Waals surface area contributed by atoms with E-state index in [1.54, 1.807) is 16.8 Å². The third-order valence-electron chi connectivity index (χ3n) is 5.29. The van der Waals surface area contributed by atoms with Crippen LogP contribution in [0, 0.1) is 0 Å². The molecule has 0 aliphatic carbocycles. The van der Waals surface area contributed by atoms with E-state index in [4.69, 9.17) is 9.47 Å². The zero-order valence-corrected chi connectivity index (χ0v) is 16.0. The summed E-state index contributed by atoms with van der Waals surface area (Å²) in [5, 5.41) is 0. The third-order valence-corrected chi connectivity index (χ3v) is 5.29. The van der Waals surface area contributed by atoms with Crippen LogP contribution in [0.4, 0.5) is 0 Å². The number of carbonyl (C=O) groups excluding carboxylic acids is 2. The summed E-state index contributed by atoms with van der Waals surface area (Å²) in [7, 11) is 1.78. The summed E-state index contributed by atoms with van der Waals surface area (Å²) < 4.78 is 10.7. The Morgan fingerprint density at radius 1 is 1.07 bits per heavy atom. The van der Waals surface area contributed by atoms with Crippen molar-refractivity contribution < 1.29 is 19.1 Å². The van der Waals surface area contributed by atoms with Gasteiger partial charge in [-0.25, -0.2) is 0 Å². The number of ether oxygens (including phenoxy) is 2. The fourth-order valence-electron chi connectivity index (χ4n) is 3.84. The molecule has 1 unspecified atom stereocenters. The molecule has 6 nitrogen and oxygen atoms in total. The average molecular weight is 380 g/mol. The number of carbonyl (C=O) groups is 2. The summed E-state index contributed by atoms with van der Waals surface area (Å²) in [5.74, 6) is 1.43. The van der Waals surface area contributed by atoms with Crippen LogP contribution in [0.1, 0.15) is 24.0 Å². The van der Waals surface area contributed by atoms with E-state index in [0.29, 0.717) is 31.7 Å². The van der Waals surface area contributed by atoms with Crippen LogP contribution in [0.3, 0.4) is 0 Å². The molecule has 6 heteroatoms. The minimum atomic E-state index is -0.379. The molecule has 1 saturated heterocycles. The van der Waals surface area contributed by atoms with Crippen LogP contribution in [0.25, 0.3) is 0 Å². The molecule has 2 aliphatic heterocycles. The van der Waals surface area contributed by atoms with E-state index in [-0.39, 0.29) is 24.6 Å². The number of likely N-dealkylation sites (tertiary alicyclic amines) is 1. The Morgan fingerprint density at radius 2 is 1.86 bits per heavy atom. The molecule has 2 aromatic carbocycles. The molecule has 0 spiro atoms. The lowest BCUT2D eigenvalue weighted by molar-refractivity contribution is -0.143. The molecule has 2 aliphatic rings. The monoisotopic (exact) mass is 380 g/mol. The molecule has 0 radical (unpaired) electrons. The zero-order valence-electron chi connectivity index (χ0n) is 16.0. The summed E-state index contributed by atoms with van der Waals surface area (Å²) in [6.07, 6.45) is 1.90. The lowest BCUT2D eigenvalue weighted by Gasteiger charge is -2.28. The van der Waals surface area contributed by atoms with Crippen molar-refractivity contribution in [1.82, 2.24) is 9.80 Å². The molecule has 2 heterocycles. The van der Waals surface area contributed by atoms with E-state index in [2.05, 4.69) is 0 Å². The van der Waals surface area contributed by atoms with Crippen molar-refractivity contribution in [1.29, 1.82) is 0 Å². The molecule has 0 aromatic heterocycles. The lowest BCUT2D eigenvalue weighted by atomic mass is 10.1. The van der Waals surface area contributed by atoms with Crippen LogP contribution >= 0.6 is 0 Å². The van der Waals surface area contributed by atoms with E-state index in [1.807, 2.05) is 48.5 Å². The lowest BCUT2D eigenvalue weighted by Crippen LogP contribution is -2.46. The second kappa shape index (κ2) is 7.92. The molecule has 0 saturated carbocycles. The van der Waals surface area contributed by atoms with E-state index in [1.165, 1.54) is 0 Å². The predicted molar refractivity (Wildman–Crippen MR) is 104 cm³/mol. The van der Waals surface area contributed by atoms with E-state index in [9.17, 15) is 9.59 Å². The Morgan fingerprint density at radius 3 is 2.68 bits per heavy atom. The maximum Gasteiger partial charge on any atom is 0.245 e. The second-order valence-electron chi connectivity index (χ2n) is 7.29. The normalized spacial score (nSPS) is 17.6. The molecule has 0 N–H and O–H groups in total. The van der Waals surface area contributed by atoms with Crippen molar-refractivity contribution in [3.05, 3.63) is 59.7 Å². The summed E-state index contributed by atoms with van der Waals surface area (Å²) in [5.41, 5.74) is 1.94. The van der Waals surface area contributed by atoms with Crippen molar-refractivity contribution in [2.24, 2.45) is 0 Å². The number of fused-ring (bicyclic) bond motifs is 1. The Balaban J connectivity index is 1.40. The summed E-state index contributed by atoms with van der Waals surface area (Å²) in [4.78, 5) is 29.2. The molecular formula is C22H24N2O4. The van der Waals surface area contributed by atoms with Gasteiger partial charge in [0.05, 0.1) is 6.42 Å². The second-order valence-corrected chi connectivity index (χ2v) is 7.29. The summed E-state index contributed by atoms with van der Waals surface area (Å²) >= 11 is 0. The van der Waals surface area contributed by atoms with Gasteiger partial charge >= 0.3 is 0 Å². The fraction of sp³-hybridized carbons (Fsp3) is 0.364. The van der Waals surface area contributed by atoms with Gasteiger partial charge in [-0.05, 0) is 36.1 Å². The van der Waals surface area contributed by atoms with Crippen LogP contribution < -0.4 is 9.47 Å². The van der Waals surface area contributed by atoms with Crippen molar-refractivity contribution in [2.75, 3.05) is 20.4 Å². The Kier molecular flexibility index (Phi) is 5.19. The van der Waals surface area contributed by atoms with Gasteiger partial charge in [-0.2, -0.15) is 0 Å². The first-order valence-electron chi connectivity index (χ1n) is 9.59. The van der Waals surface area contributed by atoms with Crippen LogP contribution in [-0.4, -0.2) is 48.0 Å². The molecule has 2 aromatic rings. The Labute approximate surface area is 164 Å². The number of likely N-dealkylation sites (N-methyl/N-ethyl adjacent to an activating group) is 1. The third kappa shape index (κ3) is 3.81. The number of hydrogen-bond acceptors (Lipinski definition) is 4. The van der Waals surface area contributed by atoms with Gasteiger partial charge in [0.25, 0.3) is 0 Å². The topological polar surface area (TPSA) is 59.1 Å². The molecule has 1 fully saturated rings. The van der Waals surface area contributed by atoms with Crippen molar-refractivity contribution in [2.45, 2.75) is 31.8 Å². The molecule has 146 valence electrons.